The van der Waals surface area contributed by atoms with E-state index in [1.165, 1.54) is 16.5 Å². The van der Waals surface area contributed by atoms with E-state index in [2.05, 4.69) is 9.94 Å². The summed E-state index contributed by atoms with van der Waals surface area (Å²) in [4.78, 5) is 29.7. The van der Waals surface area contributed by atoms with E-state index in [0.717, 1.165) is 0 Å². The molecule has 0 spiro atoms. The first-order chi connectivity index (χ1) is 16.1. The van der Waals surface area contributed by atoms with E-state index in [9.17, 15) is 9.59 Å². The number of carbonyl (C=O) groups is 2. The van der Waals surface area contributed by atoms with E-state index in [1.807, 2.05) is 30.3 Å². The first-order valence-corrected chi connectivity index (χ1v) is 10.9. The highest BCUT2D eigenvalue weighted by Gasteiger charge is 2.24. The molecule has 176 valence electrons. The van der Waals surface area contributed by atoms with Crippen LogP contribution in [0.3, 0.4) is 0 Å². The molecule has 0 fully saturated rings. The second-order valence-electron chi connectivity index (χ2n) is 8.78. The molecular formula is C26H28N4O4. The molecule has 0 aliphatic rings. The summed E-state index contributed by atoms with van der Waals surface area (Å²) in [5, 5.41) is 4.55. The molecule has 0 saturated carbocycles. The largest absolute Gasteiger partial charge is 0.457 e. The molecule has 1 amide bonds. The Hall–Kier alpha value is -4.12. The lowest BCUT2D eigenvalue weighted by Gasteiger charge is -2.24. The van der Waals surface area contributed by atoms with E-state index < -0.39 is 11.7 Å². The maximum Gasteiger partial charge on any atom is 0.410 e. The van der Waals surface area contributed by atoms with Gasteiger partial charge in [0, 0.05) is 13.6 Å². The Morgan fingerprint density at radius 2 is 1.68 bits per heavy atom. The van der Waals surface area contributed by atoms with E-state index >= 15 is 0 Å². The number of nitrogens with zero attached hydrogens (tertiary/aromatic N) is 4. The van der Waals surface area contributed by atoms with Crippen molar-refractivity contribution in [2.24, 2.45) is 0 Å². The van der Waals surface area contributed by atoms with Gasteiger partial charge in [-0.1, -0.05) is 30.3 Å². The van der Waals surface area contributed by atoms with Crippen molar-refractivity contribution in [2.45, 2.75) is 39.8 Å². The van der Waals surface area contributed by atoms with Crippen LogP contribution in [0.5, 0.6) is 11.5 Å². The number of para-hydroxylation sites is 1. The summed E-state index contributed by atoms with van der Waals surface area (Å²) >= 11 is 0. The summed E-state index contributed by atoms with van der Waals surface area (Å²) < 4.78 is 12.7. The lowest BCUT2D eigenvalue weighted by Crippen LogP contribution is -2.36. The third-order valence-corrected chi connectivity index (χ3v) is 4.83. The van der Waals surface area contributed by atoms with Crippen molar-refractivity contribution in [1.29, 1.82) is 0 Å². The summed E-state index contributed by atoms with van der Waals surface area (Å²) in [5.74, 6) is 1.09. The lowest BCUT2D eigenvalue weighted by atomic mass is 10.1. The number of hydrogen-bond acceptors (Lipinski definition) is 5. The monoisotopic (exact) mass is 460 g/mol. The van der Waals surface area contributed by atoms with Crippen LogP contribution < -0.4 is 4.74 Å². The molecular weight excluding hydrogens is 432 g/mol. The third-order valence-electron chi connectivity index (χ3n) is 4.83. The van der Waals surface area contributed by atoms with Gasteiger partial charge in [0.15, 0.2) is 5.78 Å². The number of Topliss-reactive ketones (excluding diaryl/α,β-unsaturated/α-hetero) is 1. The van der Waals surface area contributed by atoms with Gasteiger partial charge in [-0.3, -0.25) is 9.48 Å². The van der Waals surface area contributed by atoms with Gasteiger partial charge in [0.05, 0.1) is 18.8 Å². The number of rotatable bonds is 7. The van der Waals surface area contributed by atoms with Crippen molar-refractivity contribution in [3.63, 3.8) is 0 Å². The molecule has 0 saturated heterocycles. The first kappa shape index (κ1) is 24.5. The number of ketones is 1. The smallest absolute Gasteiger partial charge is 0.410 e. The standard InChI is InChI=1S/C26H28N4O4/c1-18(31)24-23(27-5)22(28-30(24)17-16-29(6)25(32)34-26(2,3)4)19-12-14-21(15-13-19)33-20-10-8-7-9-11-20/h7-15H,16-17H2,1-4,6H3. The molecule has 0 aliphatic heterocycles. The molecule has 34 heavy (non-hydrogen) atoms. The van der Waals surface area contributed by atoms with Gasteiger partial charge >= 0.3 is 6.09 Å². The van der Waals surface area contributed by atoms with Crippen LogP contribution in [0.25, 0.3) is 16.1 Å². The number of amides is 1. The summed E-state index contributed by atoms with van der Waals surface area (Å²) in [7, 11) is 1.62. The lowest BCUT2D eigenvalue weighted by molar-refractivity contribution is 0.0292. The van der Waals surface area contributed by atoms with E-state index in [-0.39, 0.29) is 30.3 Å². The maximum absolute atomic E-state index is 12.4. The molecule has 3 rings (SSSR count). The molecule has 8 nitrogen and oxygen atoms in total. The fourth-order valence-electron chi connectivity index (χ4n) is 3.24. The third kappa shape index (κ3) is 6.01. The first-order valence-electron chi connectivity index (χ1n) is 10.9. The predicted molar refractivity (Wildman–Crippen MR) is 129 cm³/mol. The number of aromatic nitrogens is 2. The van der Waals surface area contributed by atoms with Crippen LogP contribution >= 0.6 is 0 Å². The Kier molecular flexibility index (Phi) is 7.37. The SMILES string of the molecule is [C-]#[N+]c1c(-c2ccc(Oc3ccccc3)cc2)nn(CCN(C)C(=O)OC(C)(C)C)c1C(C)=O. The fourth-order valence-corrected chi connectivity index (χ4v) is 3.24. The predicted octanol–water partition coefficient (Wildman–Crippen LogP) is 5.96. The second-order valence-corrected chi connectivity index (χ2v) is 8.78. The Morgan fingerprint density at radius 1 is 1.06 bits per heavy atom. The minimum Gasteiger partial charge on any atom is -0.457 e. The Balaban J connectivity index is 1.83. The van der Waals surface area contributed by atoms with Crippen molar-refractivity contribution >= 4 is 17.6 Å². The molecule has 0 unspecified atom stereocenters. The Bertz CT molecular complexity index is 1200. The highest BCUT2D eigenvalue weighted by molar-refractivity contribution is 6.01. The van der Waals surface area contributed by atoms with Gasteiger partial charge in [0.25, 0.3) is 0 Å². The van der Waals surface area contributed by atoms with Crippen LogP contribution in [0, 0.1) is 6.57 Å². The number of benzene rings is 2. The number of carbonyl (C=O) groups excluding carboxylic acids is 2. The van der Waals surface area contributed by atoms with Gasteiger partial charge in [-0.05, 0) is 57.5 Å². The summed E-state index contributed by atoms with van der Waals surface area (Å²) in [6.45, 7) is 15.0. The van der Waals surface area contributed by atoms with Gasteiger partial charge < -0.3 is 14.4 Å². The van der Waals surface area contributed by atoms with Crippen LogP contribution in [-0.2, 0) is 11.3 Å². The summed E-state index contributed by atoms with van der Waals surface area (Å²) in [6, 6.07) is 16.6. The maximum atomic E-state index is 12.4. The Labute approximate surface area is 199 Å². The zero-order valence-electron chi connectivity index (χ0n) is 20.0. The zero-order valence-corrected chi connectivity index (χ0v) is 20.0. The highest BCUT2D eigenvalue weighted by Crippen LogP contribution is 2.35. The topological polar surface area (TPSA) is 78.0 Å². The molecule has 0 atom stereocenters. The summed E-state index contributed by atoms with van der Waals surface area (Å²) in [6.07, 6.45) is -0.469. The zero-order chi connectivity index (χ0) is 24.9. The van der Waals surface area contributed by atoms with Crippen LogP contribution in [0.2, 0.25) is 0 Å². The average molecular weight is 461 g/mol. The van der Waals surface area contributed by atoms with Crippen molar-refractivity contribution in [3.05, 3.63) is 71.7 Å². The van der Waals surface area contributed by atoms with E-state index in [0.29, 0.717) is 22.8 Å². The van der Waals surface area contributed by atoms with Crippen molar-refractivity contribution in [2.75, 3.05) is 13.6 Å². The molecule has 0 bridgehead atoms. The van der Waals surface area contributed by atoms with E-state index in [1.54, 1.807) is 52.1 Å². The highest BCUT2D eigenvalue weighted by atomic mass is 16.6. The van der Waals surface area contributed by atoms with Crippen molar-refractivity contribution in [3.8, 4) is 22.8 Å². The molecule has 8 heteroatoms. The number of ether oxygens (including phenoxy) is 2. The van der Waals surface area contributed by atoms with Gasteiger partial charge in [-0.15, -0.1) is 0 Å². The quantitative estimate of drug-likeness (QED) is 0.321. The van der Waals surface area contributed by atoms with Crippen LogP contribution in [0.4, 0.5) is 10.5 Å². The second kappa shape index (κ2) is 10.2. The average Bonchev–Trinajstić information content (AvgIpc) is 3.16. The number of hydrogen-bond donors (Lipinski definition) is 0. The van der Waals surface area contributed by atoms with Crippen molar-refractivity contribution < 1.29 is 19.1 Å². The fraction of sp³-hybridized carbons (Fsp3) is 0.308. The van der Waals surface area contributed by atoms with Crippen LogP contribution in [0.1, 0.15) is 38.2 Å². The minimum atomic E-state index is -0.609. The van der Waals surface area contributed by atoms with Gasteiger partial charge in [0.1, 0.15) is 22.8 Å². The molecule has 3 aromatic rings. The normalized spacial score (nSPS) is 10.9. The number of likely N-dealkylation sites (N-methyl/N-ethyl adjacent to an activating group) is 1. The molecule has 1 heterocycles. The van der Waals surface area contributed by atoms with Crippen LogP contribution in [0.15, 0.2) is 54.6 Å². The molecule has 0 aliphatic carbocycles. The molecule has 0 N–H and O–H groups in total. The van der Waals surface area contributed by atoms with Gasteiger partial charge in [-0.25, -0.2) is 9.64 Å². The van der Waals surface area contributed by atoms with Crippen LogP contribution in [-0.4, -0.2) is 45.8 Å². The van der Waals surface area contributed by atoms with Crippen molar-refractivity contribution in [1.82, 2.24) is 14.7 Å². The molecule has 0 radical (unpaired) electrons. The minimum absolute atomic E-state index is 0.184. The molecule has 1 aromatic heterocycles. The van der Waals surface area contributed by atoms with E-state index in [4.69, 9.17) is 16.0 Å². The molecule has 2 aromatic carbocycles. The Morgan fingerprint density at radius 3 is 2.24 bits per heavy atom. The van der Waals surface area contributed by atoms with Gasteiger partial charge in [0.2, 0.25) is 5.69 Å². The van der Waals surface area contributed by atoms with Gasteiger partial charge in [-0.2, -0.15) is 5.10 Å². The summed E-state index contributed by atoms with van der Waals surface area (Å²) in [5.41, 5.74) is 0.887.